The minimum Gasteiger partial charge on any atom is -0.469 e. The van der Waals surface area contributed by atoms with Crippen LogP contribution in [0.25, 0.3) is 10.4 Å². The molecule has 29 heavy (non-hydrogen) atoms. The lowest BCUT2D eigenvalue weighted by molar-refractivity contribution is -0.167. The maximum atomic E-state index is 12.8. The number of carbonyl (C=O) groups is 3. The van der Waals surface area contributed by atoms with Crippen LogP contribution in [0.4, 0.5) is 0 Å². The zero-order chi connectivity index (χ0) is 22.7. The quantitative estimate of drug-likeness (QED) is 0.111. The number of methoxy groups -OCH3 is 2. The van der Waals surface area contributed by atoms with E-state index in [2.05, 4.69) is 10.0 Å². The van der Waals surface area contributed by atoms with Gasteiger partial charge < -0.3 is 14.2 Å². The van der Waals surface area contributed by atoms with Gasteiger partial charge in [-0.25, -0.2) is 0 Å². The van der Waals surface area contributed by atoms with Gasteiger partial charge in [0.15, 0.2) is 0 Å². The van der Waals surface area contributed by atoms with E-state index >= 15 is 0 Å². The summed E-state index contributed by atoms with van der Waals surface area (Å²) in [6.07, 6.45) is 1.66. The van der Waals surface area contributed by atoms with Gasteiger partial charge in [0.25, 0.3) is 0 Å². The van der Waals surface area contributed by atoms with Crippen LogP contribution in [-0.4, -0.2) is 45.3 Å². The van der Waals surface area contributed by atoms with Crippen molar-refractivity contribution < 1.29 is 28.6 Å². The van der Waals surface area contributed by atoms with Crippen molar-refractivity contribution in [1.29, 1.82) is 0 Å². The third-order valence-electron chi connectivity index (χ3n) is 5.67. The number of nitrogens with zero attached hydrogens (tertiary/aromatic N) is 3. The molecule has 0 aliphatic carbocycles. The van der Waals surface area contributed by atoms with Gasteiger partial charge in [-0.2, -0.15) is 0 Å². The molecule has 166 valence electrons. The number of ether oxygens (including phenoxy) is 3. The summed E-state index contributed by atoms with van der Waals surface area (Å²) in [5, 5.41) is 3.40. The van der Waals surface area contributed by atoms with Crippen LogP contribution in [0.3, 0.4) is 0 Å². The maximum absolute atomic E-state index is 12.8. The van der Waals surface area contributed by atoms with Crippen LogP contribution in [0.2, 0.25) is 0 Å². The van der Waals surface area contributed by atoms with Crippen molar-refractivity contribution in [2.24, 2.45) is 21.4 Å². The Hall–Kier alpha value is -2.28. The number of hydrogen-bond donors (Lipinski definition) is 0. The highest BCUT2D eigenvalue weighted by atomic mass is 16.5. The first-order chi connectivity index (χ1) is 13.5. The summed E-state index contributed by atoms with van der Waals surface area (Å²) < 4.78 is 15.3. The Morgan fingerprint density at radius 1 is 0.862 bits per heavy atom. The van der Waals surface area contributed by atoms with Crippen LogP contribution < -0.4 is 0 Å². The molecule has 0 N–H and O–H groups in total. The maximum Gasteiger partial charge on any atom is 0.311 e. The lowest BCUT2D eigenvalue weighted by atomic mass is 9.64. The first-order valence-corrected chi connectivity index (χ1v) is 9.83. The molecule has 0 saturated carbocycles. The van der Waals surface area contributed by atoms with Crippen LogP contribution >= 0.6 is 0 Å². The average Bonchev–Trinajstić information content (AvgIpc) is 2.71. The number of azide groups is 1. The number of carbonyl (C=O) groups excluding carboxylic acids is 3. The predicted octanol–water partition coefficient (Wildman–Crippen LogP) is 4.20. The third-order valence-corrected chi connectivity index (χ3v) is 5.67. The van der Waals surface area contributed by atoms with Gasteiger partial charge >= 0.3 is 17.9 Å². The monoisotopic (exact) mass is 413 g/mol. The smallest absolute Gasteiger partial charge is 0.311 e. The van der Waals surface area contributed by atoms with E-state index in [4.69, 9.17) is 19.7 Å². The average molecular weight is 414 g/mol. The second-order valence-electron chi connectivity index (χ2n) is 8.17. The molecule has 0 amide bonds. The second-order valence-corrected chi connectivity index (χ2v) is 8.17. The van der Waals surface area contributed by atoms with E-state index in [0.29, 0.717) is 19.3 Å². The lowest BCUT2D eigenvalue weighted by Gasteiger charge is -2.40. The normalized spacial score (nSPS) is 16.9. The molecule has 0 aromatic carbocycles. The first kappa shape index (κ1) is 26.7. The molecule has 0 rings (SSSR count). The molecule has 0 heterocycles. The van der Waals surface area contributed by atoms with E-state index in [1.165, 1.54) is 14.2 Å². The Bertz CT molecular complexity index is 634. The van der Waals surface area contributed by atoms with Gasteiger partial charge in [0.05, 0.1) is 37.1 Å². The van der Waals surface area contributed by atoms with E-state index in [9.17, 15) is 14.4 Å². The van der Waals surface area contributed by atoms with E-state index in [0.717, 1.165) is 0 Å². The molecule has 0 radical (unpaired) electrons. The zero-order valence-electron chi connectivity index (χ0n) is 18.7. The Morgan fingerprint density at radius 3 is 1.72 bits per heavy atom. The van der Waals surface area contributed by atoms with Crippen LogP contribution in [0.1, 0.15) is 66.7 Å². The van der Waals surface area contributed by atoms with Crippen molar-refractivity contribution in [3.8, 4) is 0 Å². The fraction of sp³-hybridized carbons (Fsp3) is 0.850. The van der Waals surface area contributed by atoms with Gasteiger partial charge in [0, 0.05) is 11.5 Å². The Kier molecular flexibility index (Phi) is 10.7. The lowest BCUT2D eigenvalue weighted by Crippen LogP contribution is -2.44. The summed E-state index contributed by atoms with van der Waals surface area (Å²) >= 11 is 0. The van der Waals surface area contributed by atoms with E-state index in [1.807, 2.05) is 13.8 Å². The highest BCUT2D eigenvalue weighted by molar-refractivity contribution is 5.82. The van der Waals surface area contributed by atoms with Crippen molar-refractivity contribution in [2.75, 3.05) is 27.4 Å². The standard InChI is InChI=1S/C20H35N3O6/c1-8-18(3,15(24)27-6)13-20(5,16(25)28-7)14-19(4,9-2)17(26)29-12-10-11-22-23-21/h8-14H2,1-7H3. The Labute approximate surface area is 173 Å². The highest BCUT2D eigenvalue weighted by Gasteiger charge is 2.50. The molecule has 0 aliphatic heterocycles. The summed E-state index contributed by atoms with van der Waals surface area (Å²) in [5.41, 5.74) is 5.34. The largest absolute Gasteiger partial charge is 0.469 e. The van der Waals surface area contributed by atoms with Crippen molar-refractivity contribution in [2.45, 2.75) is 66.7 Å². The molecule has 9 heteroatoms. The minimum atomic E-state index is -1.09. The zero-order valence-corrected chi connectivity index (χ0v) is 18.7. The fourth-order valence-corrected chi connectivity index (χ4v) is 3.62. The van der Waals surface area contributed by atoms with E-state index in [1.54, 1.807) is 20.8 Å². The Balaban J connectivity index is 5.63. The topological polar surface area (TPSA) is 128 Å². The summed E-state index contributed by atoms with van der Waals surface area (Å²) in [4.78, 5) is 40.5. The Morgan fingerprint density at radius 2 is 1.31 bits per heavy atom. The van der Waals surface area contributed by atoms with Gasteiger partial charge in [0.2, 0.25) is 0 Å². The van der Waals surface area contributed by atoms with Crippen molar-refractivity contribution in [3.63, 3.8) is 0 Å². The van der Waals surface area contributed by atoms with Crippen LogP contribution in [0.15, 0.2) is 5.11 Å². The summed E-state index contributed by atoms with van der Waals surface area (Å²) in [7, 11) is 2.61. The molecule has 0 spiro atoms. The molecule has 0 bridgehead atoms. The van der Waals surface area contributed by atoms with E-state index in [-0.39, 0.29) is 26.0 Å². The number of rotatable bonds is 13. The molecule has 0 aliphatic rings. The van der Waals surface area contributed by atoms with Gasteiger partial charge in [0.1, 0.15) is 0 Å². The SMILES string of the molecule is CCC(C)(CC(C)(CC(C)(CC)C(=O)OCCCN=[N+]=[N-])C(=O)OC)C(=O)OC. The number of hydrogen-bond acceptors (Lipinski definition) is 7. The van der Waals surface area contributed by atoms with Crippen LogP contribution in [-0.2, 0) is 28.6 Å². The summed E-state index contributed by atoms with van der Waals surface area (Å²) in [6, 6.07) is 0. The van der Waals surface area contributed by atoms with Crippen LogP contribution in [0.5, 0.6) is 0 Å². The predicted molar refractivity (Wildman–Crippen MR) is 108 cm³/mol. The van der Waals surface area contributed by atoms with Gasteiger partial charge in [-0.1, -0.05) is 19.0 Å². The molecule has 0 fully saturated rings. The molecule has 9 nitrogen and oxygen atoms in total. The van der Waals surface area contributed by atoms with Crippen molar-refractivity contribution in [3.05, 3.63) is 10.4 Å². The van der Waals surface area contributed by atoms with E-state index < -0.39 is 34.2 Å². The minimum absolute atomic E-state index is 0.122. The molecule has 3 unspecified atom stereocenters. The van der Waals surface area contributed by atoms with Gasteiger partial charge in [-0.05, 0) is 58.4 Å². The molecule has 0 saturated heterocycles. The first-order valence-electron chi connectivity index (χ1n) is 9.83. The van der Waals surface area contributed by atoms with Crippen LogP contribution in [0, 0.1) is 16.2 Å². The van der Waals surface area contributed by atoms with Gasteiger partial charge in [-0.3, -0.25) is 14.4 Å². The van der Waals surface area contributed by atoms with Gasteiger partial charge in [-0.15, -0.1) is 0 Å². The summed E-state index contributed by atoms with van der Waals surface area (Å²) in [5.74, 6) is -1.34. The third kappa shape index (κ3) is 7.24. The molecular formula is C20H35N3O6. The second kappa shape index (κ2) is 11.7. The number of esters is 3. The summed E-state index contributed by atoms with van der Waals surface area (Å²) in [6.45, 7) is 9.25. The van der Waals surface area contributed by atoms with Crippen molar-refractivity contribution in [1.82, 2.24) is 0 Å². The van der Waals surface area contributed by atoms with Crippen molar-refractivity contribution >= 4 is 17.9 Å². The fourth-order valence-electron chi connectivity index (χ4n) is 3.62. The molecule has 0 aromatic rings. The molecule has 0 aromatic heterocycles. The molecular weight excluding hydrogens is 378 g/mol. The highest BCUT2D eigenvalue weighted by Crippen LogP contribution is 2.46. The molecule has 3 atom stereocenters.